The Morgan fingerprint density at radius 1 is 0.667 bits per heavy atom. The predicted molar refractivity (Wildman–Crippen MR) is 414 cm³/mol. The molecule has 9 atom stereocenters. The molecule has 27 N–H and O–H groups in total. The van der Waals surface area contributed by atoms with Gasteiger partial charge in [0.2, 0.25) is 70.9 Å². The van der Waals surface area contributed by atoms with E-state index in [1.165, 1.54) is 43.4 Å². The van der Waals surface area contributed by atoms with Gasteiger partial charge in [0.05, 0.1) is 31.5 Å². The number of guanidine groups is 2. The summed E-state index contributed by atoms with van der Waals surface area (Å²) in [6.07, 6.45) is 4.06. The minimum absolute atomic E-state index is 0.000382. The third kappa shape index (κ3) is 33.2. The summed E-state index contributed by atoms with van der Waals surface area (Å²) in [5.41, 5.74) is 18.4. The second-order valence-electron chi connectivity index (χ2n) is 28.0. The van der Waals surface area contributed by atoms with Crippen LogP contribution in [0, 0.1) is 41.0 Å². The van der Waals surface area contributed by atoms with Gasteiger partial charge in [-0.05, 0) is 75.0 Å². The standard InChI is InChI=1S/C73H106AtN25O18/c1-2-3-16-50(88-59(104)33-85-58(103)32-86-63(109)49(19-11-24-82-71(76)77)91-66(112)52(21-22-61(106)107)89-60(105)35-99-34-45(97-98-99)36-117-40-73(37-74,38-100)39-101)64(110)96-56-29-57(102)81-23-10-9-18-48(62(75)108)90-68(114)54(27-43-30-84-47-17-8-7-15-46(43)47)94-65(111)51(20-12-25-83-72(78)79)92-67(113)53(26-42-13-5-4-6-14-42)93-69(115)55(95-70(56)116)28-44-31-80-41-87-44/h4-8,13-15,17,30-31,34,41,48-56,84,100-101H,2-3,9-12,16,18-29,32-33,35-40H2,1H3,(H2,75,108)(H,80,87)(H,81,102)(H,85,103)(H,86,109)(H,88,104)(H,89,105)(H,90,114)(H,91,112)(H,92,113)(H,93,115)(H,94,111)(H,95,116)(H,96,110)(H,106,107)(H4,76,77,82)(H4,78,79,83)/i74+1. The number of carbonyl (C=O) groups is 14. The molecule has 9 unspecified atom stereocenters. The molecule has 1 fully saturated rings. The number of aliphatic hydroxyl groups is 2. The van der Waals surface area contributed by atoms with Crippen molar-refractivity contribution < 1.29 is 112 Å². The molecule has 2 aromatic carbocycles. The van der Waals surface area contributed by atoms with Crippen molar-refractivity contribution >= 4 is 106 Å². The summed E-state index contributed by atoms with van der Waals surface area (Å²) in [4.78, 5) is 206. The number of hydrogen-bond acceptors (Lipinski definition) is 22. The predicted octanol–water partition coefficient (Wildman–Crippen LogP) is -5.98. The van der Waals surface area contributed by atoms with E-state index in [-0.39, 0.29) is 134 Å². The SMILES string of the molecule is CCCCC(NC(=O)CNC(=O)CNC(=O)C(CCCNC(=N)N)NC(=O)C(CCC(=O)O)NC(=O)Cn1cc(COCC(CO)(CO)C[211At])nn1)C(=O)NC1CC(=O)NCCCCC(C(N)=O)NC(=O)C(Cc2c[nH]c3ccccc23)NC(=O)C(CCCNC(=N)N)NC(=O)C(Cc2ccccc2)NC(=O)C(Cc2c[nH]cn2)NC1=O. The van der Waals surface area contributed by atoms with Crippen LogP contribution in [0.3, 0.4) is 0 Å². The van der Waals surface area contributed by atoms with Crippen molar-refractivity contribution in [2.45, 2.75) is 181 Å². The van der Waals surface area contributed by atoms with Gasteiger partial charge in [0.25, 0.3) is 0 Å². The van der Waals surface area contributed by atoms with Crippen LogP contribution in [0.15, 0.2) is 79.5 Å². The number of ether oxygens (including phenoxy) is 1. The Hall–Kier alpha value is -11.8. The average molecular weight is 1830 g/mol. The normalized spacial score (nSPS) is 18.2. The van der Waals surface area contributed by atoms with Crippen LogP contribution in [0.25, 0.3) is 10.9 Å². The second-order valence-corrected chi connectivity index (χ2v) is 29.1. The van der Waals surface area contributed by atoms with Gasteiger partial charge in [-0.25, -0.2) is 4.98 Å². The quantitative estimate of drug-likeness (QED) is 0.00984. The number of unbranched alkanes of at least 4 members (excludes halogenated alkanes) is 1. The molecule has 13 amide bonds. The zero-order valence-electron chi connectivity index (χ0n) is 64.7. The largest absolute Gasteiger partial charge is 0.370 e. The summed E-state index contributed by atoms with van der Waals surface area (Å²) in [7, 11) is 0. The number of para-hydroxylation sites is 1. The van der Waals surface area contributed by atoms with Gasteiger partial charge < -0.3 is 101 Å². The van der Waals surface area contributed by atoms with Crippen molar-refractivity contribution in [1.82, 2.24) is 104 Å². The number of carbonyl (C=O) groups excluding carboxylic acids is 13. The number of aliphatic carboxylic acids is 1. The first-order chi connectivity index (χ1) is 56.0. The van der Waals surface area contributed by atoms with Crippen molar-refractivity contribution in [1.29, 1.82) is 10.8 Å². The van der Waals surface area contributed by atoms with E-state index in [4.69, 9.17) is 32.8 Å². The third-order valence-electron chi connectivity index (χ3n) is 18.6. The first-order valence-electron chi connectivity index (χ1n) is 38.0. The topological polar surface area (TPSA) is 678 Å². The van der Waals surface area contributed by atoms with Crippen LogP contribution in [0.5, 0.6) is 0 Å². The van der Waals surface area contributed by atoms with Gasteiger partial charge in [-0.3, -0.25) is 73.1 Å². The Kier molecular flexibility index (Phi) is 39.6. The average Bonchev–Trinajstić information content (AvgIpc) is 1.72. The molecule has 5 aromatic rings. The van der Waals surface area contributed by atoms with Crippen LogP contribution in [-0.2, 0) is 104 Å². The van der Waals surface area contributed by atoms with Crippen LogP contribution in [0.1, 0.15) is 113 Å². The zero-order chi connectivity index (χ0) is 85.4. The fraction of sp³-hybridized carbons (Fsp3) is 0.521. The molecule has 43 nitrogen and oxygen atoms in total. The van der Waals surface area contributed by atoms with Crippen LogP contribution in [0.2, 0.25) is 4.13 Å². The van der Waals surface area contributed by atoms with Gasteiger partial charge in [0.15, 0.2) is 11.9 Å². The Morgan fingerprint density at radius 2 is 1.28 bits per heavy atom. The molecular weight excluding hydrogens is 1730 g/mol. The van der Waals surface area contributed by atoms with Gasteiger partial charge in [-0.1, -0.05) is 68.3 Å². The molecule has 117 heavy (non-hydrogen) atoms. The minimum atomic E-state index is -1.83. The molecular formula is C73H106AtN25O18. The van der Waals surface area contributed by atoms with Crippen molar-refractivity contribution in [3.8, 4) is 0 Å². The molecule has 0 spiro atoms. The Bertz CT molecular complexity index is 4170. The number of benzene rings is 2. The number of nitrogens with two attached hydrogens (primary N) is 3. The summed E-state index contributed by atoms with van der Waals surface area (Å²) in [6, 6.07) is 2.01. The van der Waals surface area contributed by atoms with Crippen molar-refractivity contribution in [2.75, 3.05) is 52.5 Å². The van der Waals surface area contributed by atoms with E-state index in [0.29, 0.717) is 28.1 Å². The van der Waals surface area contributed by atoms with Crippen LogP contribution in [0.4, 0.5) is 0 Å². The number of H-pyrrole nitrogens is 2. The number of aromatic nitrogens is 6. The van der Waals surface area contributed by atoms with Crippen molar-refractivity contribution in [3.63, 3.8) is 0 Å². The molecule has 6 rings (SSSR count). The van der Waals surface area contributed by atoms with E-state index >= 15 is 0 Å². The molecule has 3 aromatic heterocycles. The molecule has 0 radical (unpaired) electrons. The number of aromatic amines is 2. The molecule has 638 valence electrons. The number of hydrogen-bond donors (Lipinski definition) is 24. The monoisotopic (exact) mass is 1830 g/mol. The van der Waals surface area contributed by atoms with Crippen LogP contribution < -0.4 is 91.6 Å². The number of aliphatic hydroxyl groups excluding tert-OH is 2. The van der Waals surface area contributed by atoms with Gasteiger partial charge in [-0.2, -0.15) is 0 Å². The molecule has 1 aliphatic heterocycles. The van der Waals surface area contributed by atoms with E-state index in [1.807, 2.05) is 12.1 Å². The van der Waals surface area contributed by atoms with E-state index < -0.39 is 187 Å². The van der Waals surface area contributed by atoms with Gasteiger partial charge >= 0.3 is 137 Å². The number of carboxylic acid groups (broad SMARTS) is 1. The fourth-order valence-corrected chi connectivity index (χ4v) is 13.0. The Balaban J connectivity index is 1.20. The molecule has 4 heterocycles. The molecule has 1 aliphatic rings. The van der Waals surface area contributed by atoms with Gasteiger partial charge in [0.1, 0.15) is 48.3 Å². The maximum Gasteiger partial charge on any atom is 0.243 e. The number of imidazole rings is 1. The molecule has 0 saturated carbocycles. The maximum atomic E-state index is 15.0. The Labute approximate surface area is 687 Å². The number of rotatable bonds is 41. The minimum Gasteiger partial charge on any atom is -0.370 e. The molecule has 44 heteroatoms. The van der Waals surface area contributed by atoms with E-state index in [2.05, 4.69) is 99.7 Å². The maximum absolute atomic E-state index is 15.0. The third-order valence-corrected chi connectivity index (χ3v) is 20.8. The Morgan fingerprint density at radius 3 is 1.95 bits per heavy atom. The number of amides is 13. The summed E-state index contributed by atoms with van der Waals surface area (Å²) < 4.78 is 7.22. The van der Waals surface area contributed by atoms with Crippen molar-refractivity contribution in [3.05, 3.63) is 102 Å². The van der Waals surface area contributed by atoms with Crippen molar-refractivity contribution in [2.24, 2.45) is 22.6 Å². The van der Waals surface area contributed by atoms with Gasteiger partial charge in [-0.15, -0.1) is 0 Å². The smallest absolute Gasteiger partial charge is 0.243 e. The van der Waals surface area contributed by atoms with Crippen LogP contribution >= 0.6 is 0 Å². The van der Waals surface area contributed by atoms with Gasteiger partial charge in [0, 0.05) is 68.6 Å². The first-order valence-corrected chi connectivity index (χ1v) is 40.1. The number of fused-ring (bicyclic) bond motifs is 1. The molecule has 1 saturated heterocycles. The number of nitrogens with one attached hydrogen (secondary N) is 18. The number of primary amides is 1. The summed E-state index contributed by atoms with van der Waals surface area (Å²) in [5, 5.41) is 88.9. The van der Waals surface area contributed by atoms with E-state index in [0.717, 1.165) is 15.6 Å². The first kappa shape index (κ1) is 94.1. The van der Waals surface area contributed by atoms with E-state index in [1.54, 1.807) is 55.6 Å². The molecule has 0 bridgehead atoms. The number of nitrogens with zero attached hydrogens (tertiary/aromatic N) is 4. The molecule has 0 aliphatic carbocycles. The summed E-state index contributed by atoms with van der Waals surface area (Å²) in [6.45, 7) is -1.09. The zero-order valence-corrected chi connectivity index (χ0v) is 67.6. The summed E-state index contributed by atoms with van der Waals surface area (Å²) in [5.74, 6) is -14.2. The summed E-state index contributed by atoms with van der Waals surface area (Å²) >= 11 is 1.34. The number of carboxylic acids is 1. The fourth-order valence-electron chi connectivity index (χ4n) is 12.1. The second kappa shape index (κ2) is 49.2. The van der Waals surface area contributed by atoms with Crippen LogP contribution in [-0.4, -0.2) is 247 Å². The van der Waals surface area contributed by atoms with E-state index in [9.17, 15) is 82.4 Å².